The first kappa shape index (κ1) is 9.95. The monoisotopic (exact) mass is 182 g/mol. The topological polar surface area (TPSA) is 68.4 Å². The van der Waals surface area contributed by atoms with Gasteiger partial charge in [-0.05, 0) is 19.1 Å². The minimum Gasteiger partial charge on any atom is -0.490 e. The van der Waals surface area contributed by atoms with Gasteiger partial charge in [-0.3, -0.25) is 4.98 Å². The molecule has 0 aromatic carbocycles. The number of hydrogen-bond donors (Lipinski definition) is 2. The summed E-state index contributed by atoms with van der Waals surface area (Å²) >= 11 is 0. The third-order valence-corrected chi connectivity index (χ3v) is 1.59. The van der Waals surface area contributed by atoms with Crippen molar-refractivity contribution in [3.05, 3.63) is 24.0 Å². The summed E-state index contributed by atoms with van der Waals surface area (Å²) in [5.41, 5.74) is 6.45. The van der Waals surface area contributed by atoms with E-state index in [0.29, 0.717) is 12.4 Å². The number of aromatic nitrogens is 1. The number of aliphatic hydroxyl groups is 1. The Hall–Kier alpha value is -1.13. The summed E-state index contributed by atoms with van der Waals surface area (Å²) in [6, 6.07) is 3.55. The summed E-state index contributed by atoms with van der Waals surface area (Å²) in [5, 5.41) is 8.50. The lowest BCUT2D eigenvalue weighted by Gasteiger charge is -2.06. The zero-order valence-electron chi connectivity index (χ0n) is 7.60. The summed E-state index contributed by atoms with van der Waals surface area (Å²) < 4.78 is 5.14. The van der Waals surface area contributed by atoms with Crippen LogP contribution in [0.25, 0.3) is 0 Å². The van der Waals surface area contributed by atoms with Gasteiger partial charge < -0.3 is 15.6 Å². The Morgan fingerprint density at radius 1 is 1.62 bits per heavy atom. The second-order valence-corrected chi connectivity index (χ2v) is 2.78. The normalized spacial score (nSPS) is 12.5. The highest BCUT2D eigenvalue weighted by Gasteiger charge is 2.00. The highest BCUT2D eigenvalue weighted by atomic mass is 16.5. The first-order valence-electron chi connectivity index (χ1n) is 4.19. The molecule has 4 heteroatoms. The second-order valence-electron chi connectivity index (χ2n) is 2.78. The molecule has 0 amide bonds. The van der Waals surface area contributed by atoms with Gasteiger partial charge in [-0.2, -0.15) is 0 Å². The summed E-state index contributed by atoms with van der Waals surface area (Å²) in [5.74, 6) is 0.651. The number of nitrogens with two attached hydrogens (primary N) is 1. The molecule has 4 nitrogen and oxygen atoms in total. The fourth-order valence-corrected chi connectivity index (χ4v) is 0.910. The lowest BCUT2D eigenvalue weighted by molar-refractivity contribution is 0.201. The molecule has 0 aliphatic rings. The van der Waals surface area contributed by atoms with Crippen LogP contribution < -0.4 is 10.5 Å². The zero-order chi connectivity index (χ0) is 9.68. The van der Waals surface area contributed by atoms with E-state index in [0.717, 1.165) is 5.69 Å². The fourth-order valence-electron chi connectivity index (χ4n) is 0.910. The Bertz CT molecular complexity index is 246. The van der Waals surface area contributed by atoms with Crippen molar-refractivity contribution in [2.75, 3.05) is 13.2 Å². The summed E-state index contributed by atoms with van der Waals surface area (Å²) in [6.07, 6.45) is 1.61. The quantitative estimate of drug-likeness (QED) is 0.710. The molecule has 72 valence electrons. The van der Waals surface area contributed by atoms with Crippen LogP contribution in [0.2, 0.25) is 0 Å². The maximum Gasteiger partial charge on any atom is 0.137 e. The maximum atomic E-state index is 8.50. The molecule has 0 saturated carbocycles. The molecule has 1 atom stereocenters. The number of pyridine rings is 1. The molecule has 0 aliphatic heterocycles. The lowest BCUT2D eigenvalue weighted by atomic mass is 10.2. The van der Waals surface area contributed by atoms with Crippen LogP contribution in [0.5, 0.6) is 5.75 Å². The molecular weight excluding hydrogens is 168 g/mol. The van der Waals surface area contributed by atoms with Gasteiger partial charge in [-0.25, -0.2) is 0 Å². The molecule has 1 heterocycles. The maximum absolute atomic E-state index is 8.50. The highest BCUT2D eigenvalue weighted by molar-refractivity contribution is 5.20. The number of ether oxygens (including phenoxy) is 1. The van der Waals surface area contributed by atoms with E-state index in [1.807, 2.05) is 13.0 Å². The average Bonchev–Trinajstić information content (AvgIpc) is 2.15. The van der Waals surface area contributed by atoms with Crippen molar-refractivity contribution in [3.8, 4) is 5.75 Å². The molecule has 0 spiro atoms. The van der Waals surface area contributed by atoms with Crippen LogP contribution in [0, 0.1) is 0 Å². The molecule has 0 bridgehead atoms. The number of nitrogens with zero attached hydrogens (tertiary/aromatic N) is 1. The highest BCUT2D eigenvalue weighted by Crippen LogP contribution is 2.12. The van der Waals surface area contributed by atoms with Gasteiger partial charge in [0.05, 0.1) is 18.5 Å². The minimum atomic E-state index is -0.0631. The van der Waals surface area contributed by atoms with Gasteiger partial charge in [-0.1, -0.05) is 0 Å². The average molecular weight is 182 g/mol. The first-order chi connectivity index (χ1) is 6.24. The smallest absolute Gasteiger partial charge is 0.137 e. The van der Waals surface area contributed by atoms with Crippen LogP contribution in [0.15, 0.2) is 18.3 Å². The third-order valence-electron chi connectivity index (χ3n) is 1.59. The standard InChI is InChI=1S/C9H14N2O2/c1-7(10)9-3-2-8(6-11-9)13-5-4-12/h2-3,6-7,12H,4-5,10H2,1H3/t7-/m0/s1. The molecule has 1 aromatic rings. The van der Waals surface area contributed by atoms with Crippen LogP contribution >= 0.6 is 0 Å². The molecule has 3 N–H and O–H groups in total. The van der Waals surface area contributed by atoms with Crippen molar-refractivity contribution >= 4 is 0 Å². The predicted octanol–water partition coefficient (Wildman–Crippen LogP) is 0.472. The van der Waals surface area contributed by atoms with Gasteiger partial charge in [0, 0.05) is 6.04 Å². The van der Waals surface area contributed by atoms with Crippen molar-refractivity contribution in [2.24, 2.45) is 5.73 Å². The van der Waals surface area contributed by atoms with Crippen LogP contribution in [-0.4, -0.2) is 23.3 Å². The van der Waals surface area contributed by atoms with E-state index in [1.165, 1.54) is 0 Å². The van der Waals surface area contributed by atoms with Gasteiger partial charge in [-0.15, -0.1) is 0 Å². The van der Waals surface area contributed by atoms with Crippen LogP contribution in [0.4, 0.5) is 0 Å². The van der Waals surface area contributed by atoms with Crippen molar-refractivity contribution in [1.82, 2.24) is 4.98 Å². The molecule has 0 aliphatic carbocycles. The Morgan fingerprint density at radius 3 is 2.85 bits per heavy atom. The van der Waals surface area contributed by atoms with E-state index in [1.54, 1.807) is 12.3 Å². The number of hydrogen-bond acceptors (Lipinski definition) is 4. The van der Waals surface area contributed by atoms with Gasteiger partial charge in [0.15, 0.2) is 0 Å². The van der Waals surface area contributed by atoms with E-state index in [-0.39, 0.29) is 12.6 Å². The SMILES string of the molecule is C[C@H](N)c1ccc(OCCO)cn1. The van der Waals surface area contributed by atoms with Crippen LogP contribution in [-0.2, 0) is 0 Å². The molecule has 0 radical (unpaired) electrons. The van der Waals surface area contributed by atoms with E-state index in [4.69, 9.17) is 15.6 Å². The van der Waals surface area contributed by atoms with Crippen molar-refractivity contribution in [1.29, 1.82) is 0 Å². The number of rotatable bonds is 4. The van der Waals surface area contributed by atoms with Crippen molar-refractivity contribution < 1.29 is 9.84 Å². The summed E-state index contributed by atoms with van der Waals surface area (Å²) in [4.78, 5) is 4.10. The largest absolute Gasteiger partial charge is 0.490 e. The molecule has 13 heavy (non-hydrogen) atoms. The molecular formula is C9H14N2O2. The third kappa shape index (κ3) is 3.01. The second kappa shape index (κ2) is 4.79. The molecule has 0 saturated heterocycles. The molecule has 0 fully saturated rings. The van der Waals surface area contributed by atoms with Crippen molar-refractivity contribution in [2.45, 2.75) is 13.0 Å². The summed E-state index contributed by atoms with van der Waals surface area (Å²) in [6.45, 7) is 2.17. The Morgan fingerprint density at radius 2 is 2.38 bits per heavy atom. The zero-order valence-corrected chi connectivity index (χ0v) is 7.60. The van der Waals surface area contributed by atoms with E-state index >= 15 is 0 Å². The van der Waals surface area contributed by atoms with Gasteiger partial charge in [0.2, 0.25) is 0 Å². The van der Waals surface area contributed by atoms with Gasteiger partial charge in [0.1, 0.15) is 12.4 Å². The Kier molecular flexibility index (Phi) is 3.67. The predicted molar refractivity (Wildman–Crippen MR) is 49.4 cm³/mol. The van der Waals surface area contributed by atoms with E-state index in [2.05, 4.69) is 4.98 Å². The fraction of sp³-hybridized carbons (Fsp3) is 0.444. The molecule has 1 aromatic heterocycles. The molecule has 0 unspecified atom stereocenters. The van der Waals surface area contributed by atoms with Crippen molar-refractivity contribution in [3.63, 3.8) is 0 Å². The molecule has 1 rings (SSSR count). The van der Waals surface area contributed by atoms with Crippen LogP contribution in [0.3, 0.4) is 0 Å². The van der Waals surface area contributed by atoms with Gasteiger partial charge >= 0.3 is 0 Å². The lowest BCUT2D eigenvalue weighted by Crippen LogP contribution is -2.07. The van der Waals surface area contributed by atoms with Crippen LogP contribution in [0.1, 0.15) is 18.7 Å². The first-order valence-corrected chi connectivity index (χ1v) is 4.19. The Balaban J connectivity index is 2.59. The van der Waals surface area contributed by atoms with Gasteiger partial charge in [0.25, 0.3) is 0 Å². The Labute approximate surface area is 77.4 Å². The minimum absolute atomic E-state index is 0.00897. The van der Waals surface area contributed by atoms with E-state index in [9.17, 15) is 0 Å². The summed E-state index contributed by atoms with van der Waals surface area (Å²) in [7, 11) is 0. The number of aliphatic hydroxyl groups excluding tert-OH is 1. The van der Waals surface area contributed by atoms with E-state index < -0.39 is 0 Å².